The van der Waals surface area contributed by atoms with E-state index in [1.807, 2.05) is 0 Å². The first-order valence-electron chi connectivity index (χ1n) is 4.93. The summed E-state index contributed by atoms with van der Waals surface area (Å²) in [7, 11) is 0. The summed E-state index contributed by atoms with van der Waals surface area (Å²) in [5.74, 6) is -1.71. The molecule has 0 spiro atoms. The van der Waals surface area contributed by atoms with E-state index in [4.69, 9.17) is 10.2 Å². The van der Waals surface area contributed by atoms with Crippen molar-refractivity contribution in [1.29, 1.82) is 0 Å². The molecule has 0 unspecified atom stereocenters. The number of carboxylic acids is 2. The van der Waals surface area contributed by atoms with Crippen molar-refractivity contribution in [2.45, 2.75) is 13.1 Å². The van der Waals surface area contributed by atoms with Gasteiger partial charge in [0.15, 0.2) is 0 Å². The van der Waals surface area contributed by atoms with Crippen LogP contribution in [0, 0.1) is 0 Å². The number of aliphatic carboxylic acids is 2. The van der Waals surface area contributed by atoms with Crippen LogP contribution in [0.5, 0.6) is 0 Å². The van der Waals surface area contributed by atoms with E-state index in [1.54, 1.807) is 24.8 Å². The number of hydrogen-bond acceptors (Lipinski definition) is 4. The maximum Gasteiger partial charge on any atom is 0.323 e. The number of hydrogen-bond donors (Lipinski definition) is 2. The molecule has 0 radical (unpaired) electrons. The first-order chi connectivity index (χ1) is 8.58. The second-order valence-corrected chi connectivity index (χ2v) is 3.26. The monoisotopic (exact) mass is 252 g/mol. The van der Waals surface area contributed by atoms with Crippen molar-refractivity contribution in [1.82, 2.24) is 19.1 Å². The Kier molecular flexibility index (Phi) is 5.10. The summed E-state index contributed by atoms with van der Waals surface area (Å²) in [5, 5.41) is 16.5. The van der Waals surface area contributed by atoms with Crippen molar-refractivity contribution in [2.24, 2.45) is 0 Å². The average Bonchev–Trinajstić information content (AvgIpc) is 2.90. The van der Waals surface area contributed by atoms with Crippen LogP contribution in [0.15, 0.2) is 37.4 Å². The molecular weight excluding hydrogens is 240 g/mol. The lowest BCUT2D eigenvalue weighted by molar-refractivity contribution is -0.138. The van der Waals surface area contributed by atoms with E-state index < -0.39 is 11.9 Å². The van der Waals surface area contributed by atoms with Crippen LogP contribution in [0.1, 0.15) is 0 Å². The van der Waals surface area contributed by atoms with Crippen LogP contribution in [0.3, 0.4) is 0 Å². The first-order valence-corrected chi connectivity index (χ1v) is 4.93. The summed E-state index contributed by atoms with van der Waals surface area (Å²) in [6, 6.07) is 0. The highest BCUT2D eigenvalue weighted by Crippen LogP contribution is 1.84. The third kappa shape index (κ3) is 5.45. The fourth-order valence-corrected chi connectivity index (χ4v) is 1.07. The second kappa shape index (κ2) is 6.84. The normalized spacial score (nSPS) is 9.33. The summed E-state index contributed by atoms with van der Waals surface area (Å²) < 4.78 is 2.98. The molecule has 2 aromatic heterocycles. The Morgan fingerprint density at radius 3 is 1.50 bits per heavy atom. The summed E-state index contributed by atoms with van der Waals surface area (Å²) in [6.45, 7) is -0.0278. The third-order valence-electron chi connectivity index (χ3n) is 1.75. The van der Waals surface area contributed by atoms with E-state index in [-0.39, 0.29) is 13.1 Å². The summed E-state index contributed by atoms with van der Waals surface area (Å²) in [5.41, 5.74) is 0. The molecule has 8 nitrogen and oxygen atoms in total. The predicted molar refractivity (Wildman–Crippen MR) is 59.7 cm³/mol. The zero-order valence-electron chi connectivity index (χ0n) is 9.38. The van der Waals surface area contributed by atoms with E-state index in [0.717, 1.165) is 0 Å². The SMILES string of the molecule is O=C(O)Cn1ccnc1.O=C(O)Cn1ccnc1. The van der Waals surface area contributed by atoms with Crippen LogP contribution in [0.4, 0.5) is 0 Å². The van der Waals surface area contributed by atoms with Gasteiger partial charge in [-0.2, -0.15) is 0 Å². The molecule has 8 heteroatoms. The van der Waals surface area contributed by atoms with Gasteiger partial charge in [0.1, 0.15) is 13.1 Å². The van der Waals surface area contributed by atoms with Gasteiger partial charge in [-0.25, -0.2) is 9.97 Å². The number of carboxylic acid groups (broad SMARTS) is 2. The Morgan fingerprint density at radius 1 is 0.889 bits per heavy atom. The molecule has 2 heterocycles. The van der Waals surface area contributed by atoms with Gasteiger partial charge in [0, 0.05) is 24.8 Å². The van der Waals surface area contributed by atoms with E-state index in [1.165, 1.54) is 21.8 Å². The van der Waals surface area contributed by atoms with E-state index >= 15 is 0 Å². The van der Waals surface area contributed by atoms with Gasteiger partial charge in [-0.3, -0.25) is 9.59 Å². The molecule has 0 aliphatic carbocycles. The van der Waals surface area contributed by atoms with Crippen molar-refractivity contribution >= 4 is 11.9 Å². The molecule has 0 saturated carbocycles. The highest BCUT2D eigenvalue weighted by Gasteiger charge is 1.95. The minimum atomic E-state index is -0.854. The Bertz CT molecular complexity index is 432. The standard InChI is InChI=1S/2C5H6N2O2/c2*8-5(9)3-7-2-1-6-4-7/h2*1-2,4H,3H2,(H,8,9). The van der Waals surface area contributed by atoms with E-state index in [0.29, 0.717) is 0 Å². The van der Waals surface area contributed by atoms with Crippen LogP contribution in [-0.4, -0.2) is 41.3 Å². The Hall–Kier alpha value is -2.64. The van der Waals surface area contributed by atoms with Gasteiger partial charge in [0.2, 0.25) is 0 Å². The van der Waals surface area contributed by atoms with Gasteiger partial charge >= 0.3 is 11.9 Å². The molecule has 0 aliphatic rings. The lowest BCUT2D eigenvalue weighted by Gasteiger charge is -1.91. The van der Waals surface area contributed by atoms with Gasteiger partial charge in [-0.05, 0) is 0 Å². The topological polar surface area (TPSA) is 110 Å². The Morgan fingerprint density at radius 2 is 1.28 bits per heavy atom. The minimum Gasteiger partial charge on any atom is -0.480 e. The fraction of sp³-hybridized carbons (Fsp3) is 0.200. The first kappa shape index (κ1) is 13.4. The highest BCUT2D eigenvalue weighted by atomic mass is 16.4. The summed E-state index contributed by atoms with van der Waals surface area (Å²) in [6.07, 6.45) is 9.23. The largest absolute Gasteiger partial charge is 0.480 e. The maximum absolute atomic E-state index is 10.0. The van der Waals surface area contributed by atoms with Gasteiger partial charge in [0.05, 0.1) is 12.7 Å². The smallest absolute Gasteiger partial charge is 0.323 e. The second-order valence-electron chi connectivity index (χ2n) is 3.26. The van der Waals surface area contributed by atoms with Gasteiger partial charge in [-0.15, -0.1) is 0 Å². The molecule has 0 fully saturated rings. The Balaban J connectivity index is 0.000000180. The maximum atomic E-state index is 10.0. The van der Waals surface area contributed by atoms with Gasteiger partial charge < -0.3 is 19.3 Å². The number of imidazole rings is 2. The molecule has 96 valence electrons. The van der Waals surface area contributed by atoms with E-state index in [2.05, 4.69) is 9.97 Å². The minimum absolute atomic E-state index is 0.0139. The zero-order chi connectivity index (χ0) is 13.4. The molecule has 2 aromatic rings. The third-order valence-corrected chi connectivity index (χ3v) is 1.75. The van der Waals surface area contributed by atoms with Crippen LogP contribution in [0.25, 0.3) is 0 Å². The van der Waals surface area contributed by atoms with Crippen molar-refractivity contribution in [3.05, 3.63) is 37.4 Å². The molecule has 0 aromatic carbocycles. The van der Waals surface area contributed by atoms with Crippen molar-refractivity contribution in [2.75, 3.05) is 0 Å². The zero-order valence-corrected chi connectivity index (χ0v) is 9.38. The molecule has 0 bridgehead atoms. The average molecular weight is 252 g/mol. The molecule has 2 rings (SSSR count). The molecular formula is C10H12N4O4. The summed E-state index contributed by atoms with van der Waals surface area (Å²) >= 11 is 0. The van der Waals surface area contributed by atoms with Crippen LogP contribution in [-0.2, 0) is 22.7 Å². The highest BCUT2D eigenvalue weighted by molar-refractivity contribution is 5.66. The molecule has 0 amide bonds. The Labute approximate surface area is 102 Å². The van der Waals surface area contributed by atoms with Gasteiger partial charge in [0.25, 0.3) is 0 Å². The molecule has 18 heavy (non-hydrogen) atoms. The predicted octanol–water partition coefficient (Wildman–Crippen LogP) is -0.0646. The van der Waals surface area contributed by atoms with E-state index in [9.17, 15) is 9.59 Å². The number of rotatable bonds is 4. The summed E-state index contributed by atoms with van der Waals surface area (Å²) in [4.78, 5) is 27.4. The van der Waals surface area contributed by atoms with Crippen LogP contribution in [0.2, 0.25) is 0 Å². The fourth-order valence-electron chi connectivity index (χ4n) is 1.07. The quantitative estimate of drug-likeness (QED) is 0.788. The van der Waals surface area contributed by atoms with Crippen molar-refractivity contribution in [3.63, 3.8) is 0 Å². The van der Waals surface area contributed by atoms with Crippen LogP contribution >= 0.6 is 0 Å². The lowest BCUT2D eigenvalue weighted by Crippen LogP contribution is -2.05. The molecule has 0 aliphatic heterocycles. The number of carbonyl (C=O) groups is 2. The number of aromatic nitrogens is 4. The molecule has 0 saturated heterocycles. The molecule has 0 atom stereocenters. The van der Waals surface area contributed by atoms with Crippen molar-refractivity contribution in [3.8, 4) is 0 Å². The van der Waals surface area contributed by atoms with Crippen molar-refractivity contribution < 1.29 is 19.8 Å². The molecule has 2 N–H and O–H groups in total. The van der Waals surface area contributed by atoms with Crippen LogP contribution < -0.4 is 0 Å². The van der Waals surface area contributed by atoms with Gasteiger partial charge in [-0.1, -0.05) is 0 Å². The lowest BCUT2D eigenvalue weighted by atomic mass is 10.6. The number of nitrogens with zero attached hydrogens (tertiary/aromatic N) is 4.